The summed E-state index contributed by atoms with van der Waals surface area (Å²) in [7, 11) is 0. The predicted molar refractivity (Wildman–Crippen MR) is 78.7 cm³/mol. The van der Waals surface area contributed by atoms with Crippen molar-refractivity contribution in [1.29, 1.82) is 0 Å². The lowest BCUT2D eigenvalue weighted by atomic mass is 10.0. The first kappa shape index (κ1) is 16.5. The van der Waals surface area contributed by atoms with Gasteiger partial charge in [-0.1, -0.05) is 6.07 Å². The normalized spacial score (nSPS) is 12.2. The Kier molecular flexibility index (Phi) is 4.85. The predicted octanol–water partition coefficient (Wildman–Crippen LogP) is 3.44. The fraction of sp³-hybridized carbons (Fsp3) is 0.200. The maximum atomic E-state index is 13.7. The lowest BCUT2D eigenvalue weighted by molar-refractivity contribution is -0.119. The molecule has 1 atom stereocenters. The lowest BCUT2D eigenvalue weighted by Crippen LogP contribution is -2.20. The van der Waals surface area contributed by atoms with Gasteiger partial charge in [-0.3, -0.25) is 9.78 Å². The van der Waals surface area contributed by atoms with E-state index < -0.39 is 29.3 Å². The standard InChI is InChI=1S/C15H12BrF3N2O/c1-7(15(20)22)14-10(16)5-8(6-21-14)4-9-2-3-11(17)13(19)12(9)18/h2-3,5-7H,4H2,1H3,(H2,20,22). The molecule has 1 unspecified atom stereocenters. The molecule has 2 N–H and O–H groups in total. The van der Waals surface area contributed by atoms with Gasteiger partial charge >= 0.3 is 0 Å². The van der Waals surface area contributed by atoms with E-state index in [2.05, 4.69) is 20.9 Å². The number of nitrogens with two attached hydrogens (primary N) is 1. The molecule has 0 aliphatic heterocycles. The van der Waals surface area contributed by atoms with E-state index in [1.165, 1.54) is 12.3 Å². The van der Waals surface area contributed by atoms with Crippen molar-refractivity contribution in [3.05, 3.63) is 63.1 Å². The summed E-state index contributed by atoms with van der Waals surface area (Å²) in [6.45, 7) is 1.62. The largest absolute Gasteiger partial charge is 0.369 e. The molecule has 2 rings (SSSR count). The third kappa shape index (κ3) is 3.30. The van der Waals surface area contributed by atoms with Crippen molar-refractivity contribution in [3.63, 3.8) is 0 Å². The molecule has 1 aromatic carbocycles. The van der Waals surface area contributed by atoms with Gasteiger partial charge in [0.25, 0.3) is 0 Å². The summed E-state index contributed by atoms with van der Waals surface area (Å²) in [5, 5.41) is 0. The Balaban J connectivity index is 2.30. The number of carbonyl (C=O) groups excluding carboxylic acids is 1. The number of benzene rings is 1. The second-order valence-electron chi connectivity index (χ2n) is 4.85. The molecule has 7 heteroatoms. The number of pyridine rings is 1. The van der Waals surface area contributed by atoms with Crippen LogP contribution in [0.4, 0.5) is 13.2 Å². The molecule has 1 aromatic heterocycles. The first-order valence-corrected chi connectivity index (χ1v) is 7.16. The fourth-order valence-corrected chi connectivity index (χ4v) is 2.70. The minimum Gasteiger partial charge on any atom is -0.369 e. The van der Waals surface area contributed by atoms with Gasteiger partial charge in [0.05, 0.1) is 11.6 Å². The number of amides is 1. The van der Waals surface area contributed by atoms with Gasteiger partial charge in [0.2, 0.25) is 5.91 Å². The fourth-order valence-electron chi connectivity index (χ4n) is 1.96. The van der Waals surface area contributed by atoms with Gasteiger partial charge in [-0.25, -0.2) is 13.2 Å². The summed E-state index contributed by atoms with van der Waals surface area (Å²) in [4.78, 5) is 15.3. The highest BCUT2D eigenvalue weighted by Gasteiger charge is 2.18. The Morgan fingerprint density at radius 2 is 2.00 bits per heavy atom. The van der Waals surface area contributed by atoms with Crippen LogP contribution in [0.2, 0.25) is 0 Å². The minimum atomic E-state index is -1.50. The zero-order valence-electron chi connectivity index (χ0n) is 11.5. The third-order valence-electron chi connectivity index (χ3n) is 3.27. The summed E-state index contributed by atoms with van der Waals surface area (Å²) >= 11 is 3.28. The summed E-state index contributed by atoms with van der Waals surface area (Å²) in [6, 6.07) is 3.70. The number of hydrogen-bond donors (Lipinski definition) is 1. The van der Waals surface area contributed by atoms with Gasteiger partial charge < -0.3 is 5.73 Å². The number of nitrogens with zero attached hydrogens (tertiary/aromatic N) is 1. The molecule has 0 saturated heterocycles. The Morgan fingerprint density at radius 3 is 2.59 bits per heavy atom. The van der Waals surface area contributed by atoms with Crippen LogP contribution >= 0.6 is 15.9 Å². The third-order valence-corrected chi connectivity index (χ3v) is 3.91. The van der Waals surface area contributed by atoms with E-state index in [1.54, 1.807) is 13.0 Å². The highest BCUT2D eigenvalue weighted by atomic mass is 79.9. The maximum Gasteiger partial charge on any atom is 0.226 e. The molecule has 3 nitrogen and oxygen atoms in total. The van der Waals surface area contributed by atoms with E-state index in [9.17, 15) is 18.0 Å². The number of hydrogen-bond acceptors (Lipinski definition) is 2. The van der Waals surface area contributed by atoms with E-state index in [0.29, 0.717) is 15.7 Å². The van der Waals surface area contributed by atoms with Crippen molar-refractivity contribution in [2.75, 3.05) is 0 Å². The van der Waals surface area contributed by atoms with Gasteiger partial charge in [0, 0.05) is 17.1 Å². The maximum absolute atomic E-state index is 13.7. The molecule has 1 amide bonds. The first-order chi connectivity index (χ1) is 10.3. The average Bonchev–Trinajstić information content (AvgIpc) is 2.47. The molecular weight excluding hydrogens is 361 g/mol. The summed E-state index contributed by atoms with van der Waals surface area (Å²) in [6.07, 6.45) is 1.49. The van der Waals surface area contributed by atoms with E-state index in [-0.39, 0.29) is 12.0 Å². The van der Waals surface area contributed by atoms with Crippen LogP contribution in [0.3, 0.4) is 0 Å². The van der Waals surface area contributed by atoms with Crippen LogP contribution in [0.1, 0.15) is 29.7 Å². The zero-order valence-corrected chi connectivity index (χ0v) is 13.1. The number of carbonyl (C=O) groups is 1. The number of halogens is 4. The second kappa shape index (κ2) is 6.48. The smallest absolute Gasteiger partial charge is 0.226 e. The first-order valence-electron chi connectivity index (χ1n) is 6.37. The van der Waals surface area contributed by atoms with Gasteiger partial charge in [0.15, 0.2) is 17.5 Å². The van der Waals surface area contributed by atoms with Crippen LogP contribution in [-0.4, -0.2) is 10.9 Å². The van der Waals surface area contributed by atoms with Gasteiger partial charge in [-0.15, -0.1) is 0 Å². The summed E-state index contributed by atoms with van der Waals surface area (Å²) in [5.74, 6) is -5.04. The Bertz CT molecular complexity index is 737. The van der Waals surface area contributed by atoms with E-state index >= 15 is 0 Å². The molecule has 0 aliphatic carbocycles. The van der Waals surface area contributed by atoms with Gasteiger partial charge in [-0.2, -0.15) is 0 Å². The Hall–Kier alpha value is -1.89. The van der Waals surface area contributed by atoms with E-state index in [1.807, 2.05) is 0 Å². The van der Waals surface area contributed by atoms with Crippen molar-refractivity contribution in [2.24, 2.45) is 5.73 Å². The van der Waals surface area contributed by atoms with Crippen molar-refractivity contribution in [2.45, 2.75) is 19.3 Å². The molecule has 116 valence electrons. The highest BCUT2D eigenvalue weighted by molar-refractivity contribution is 9.10. The lowest BCUT2D eigenvalue weighted by Gasteiger charge is -2.11. The molecule has 0 aliphatic rings. The molecule has 1 heterocycles. The minimum absolute atomic E-state index is 0.0169. The molecule has 2 aromatic rings. The van der Waals surface area contributed by atoms with Crippen molar-refractivity contribution < 1.29 is 18.0 Å². The van der Waals surface area contributed by atoms with Crippen molar-refractivity contribution in [3.8, 4) is 0 Å². The van der Waals surface area contributed by atoms with Gasteiger partial charge in [-0.05, 0) is 46.1 Å². The molecule has 0 saturated carbocycles. The van der Waals surface area contributed by atoms with Crippen LogP contribution in [0, 0.1) is 17.5 Å². The topological polar surface area (TPSA) is 56.0 Å². The summed E-state index contributed by atoms with van der Waals surface area (Å²) < 4.78 is 40.3. The molecular formula is C15H12BrF3N2O. The highest BCUT2D eigenvalue weighted by Crippen LogP contribution is 2.25. The Morgan fingerprint density at radius 1 is 1.32 bits per heavy atom. The zero-order chi connectivity index (χ0) is 16.4. The quantitative estimate of drug-likeness (QED) is 0.835. The van der Waals surface area contributed by atoms with Crippen LogP contribution in [0.25, 0.3) is 0 Å². The van der Waals surface area contributed by atoms with Crippen LogP contribution in [0.15, 0.2) is 28.9 Å². The molecule has 0 fully saturated rings. The van der Waals surface area contributed by atoms with E-state index in [4.69, 9.17) is 5.73 Å². The molecule has 0 spiro atoms. The average molecular weight is 373 g/mol. The van der Waals surface area contributed by atoms with Gasteiger partial charge in [0.1, 0.15) is 0 Å². The number of rotatable bonds is 4. The summed E-state index contributed by atoms with van der Waals surface area (Å²) in [5.41, 5.74) is 6.28. The van der Waals surface area contributed by atoms with Crippen molar-refractivity contribution in [1.82, 2.24) is 4.98 Å². The van der Waals surface area contributed by atoms with Crippen LogP contribution < -0.4 is 5.73 Å². The Labute approximate surface area is 133 Å². The van der Waals surface area contributed by atoms with Crippen molar-refractivity contribution >= 4 is 21.8 Å². The SMILES string of the molecule is CC(C(N)=O)c1ncc(Cc2ccc(F)c(F)c2F)cc1Br. The second-order valence-corrected chi connectivity index (χ2v) is 5.70. The number of primary amides is 1. The van der Waals surface area contributed by atoms with Crippen LogP contribution in [0.5, 0.6) is 0 Å². The molecule has 0 radical (unpaired) electrons. The molecule has 22 heavy (non-hydrogen) atoms. The van der Waals surface area contributed by atoms with Crippen LogP contribution in [-0.2, 0) is 11.2 Å². The van der Waals surface area contributed by atoms with E-state index in [0.717, 1.165) is 6.07 Å². The number of aromatic nitrogens is 1. The monoisotopic (exact) mass is 372 g/mol. The molecule has 0 bridgehead atoms.